The minimum Gasteiger partial charge on any atom is -0.491 e. The van der Waals surface area contributed by atoms with Gasteiger partial charge in [-0.05, 0) is 42.7 Å². The zero-order valence-electron chi connectivity index (χ0n) is 14.9. The molecule has 1 fully saturated rings. The second kappa shape index (κ2) is 9.67. The summed E-state index contributed by atoms with van der Waals surface area (Å²) < 4.78 is 24.5. The molecule has 3 rings (SSSR count). The molecular weight excluding hydrogens is 333 g/mol. The molecule has 140 valence electrons. The normalized spacial score (nSPS) is 18.2. The van der Waals surface area contributed by atoms with Crippen LogP contribution in [0.25, 0.3) is 0 Å². The summed E-state index contributed by atoms with van der Waals surface area (Å²) in [6.07, 6.45) is 1.69. The first kappa shape index (κ1) is 18.8. The van der Waals surface area contributed by atoms with E-state index in [1.165, 1.54) is 12.1 Å². The second-order valence-corrected chi connectivity index (χ2v) is 6.73. The highest BCUT2D eigenvalue weighted by Gasteiger charge is 2.21. The SMILES string of the molecule is O[C@@H](COc1ccccc1)CN(Cc1ccc(F)cc1)C[C@@H]1CCCO1. The summed E-state index contributed by atoms with van der Waals surface area (Å²) in [5.41, 5.74) is 1.01. The van der Waals surface area contributed by atoms with Gasteiger partial charge in [-0.25, -0.2) is 4.39 Å². The van der Waals surface area contributed by atoms with Gasteiger partial charge in [0.1, 0.15) is 24.3 Å². The van der Waals surface area contributed by atoms with E-state index < -0.39 is 6.10 Å². The molecule has 5 heteroatoms. The molecule has 0 amide bonds. The Morgan fingerprint density at radius 3 is 2.62 bits per heavy atom. The molecule has 2 atom stereocenters. The van der Waals surface area contributed by atoms with Crippen molar-refractivity contribution in [2.45, 2.75) is 31.6 Å². The van der Waals surface area contributed by atoms with E-state index in [-0.39, 0.29) is 18.5 Å². The van der Waals surface area contributed by atoms with Gasteiger partial charge in [0.05, 0.1) is 6.10 Å². The van der Waals surface area contributed by atoms with Gasteiger partial charge < -0.3 is 14.6 Å². The number of nitrogens with zero attached hydrogens (tertiary/aromatic N) is 1. The third-order valence-electron chi connectivity index (χ3n) is 4.46. The molecule has 0 saturated carbocycles. The van der Waals surface area contributed by atoms with E-state index >= 15 is 0 Å². The molecule has 26 heavy (non-hydrogen) atoms. The first-order valence-corrected chi connectivity index (χ1v) is 9.13. The molecule has 1 aliphatic heterocycles. The fraction of sp³-hybridized carbons (Fsp3) is 0.429. The lowest BCUT2D eigenvalue weighted by Gasteiger charge is -2.27. The molecule has 2 aromatic rings. The standard InChI is InChI=1S/C21H26FNO3/c22-18-10-8-17(9-11-18)13-23(15-21-7-4-12-25-21)14-19(24)16-26-20-5-2-1-3-6-20/h1-3,5-6,8-11,19,21,24H,4,7,12-16H2/t19-,21+/m1/s1. The predicted molar refractivity (Wildman–Crippen MR) is 98.6 cm³/mol. The quantitative estimate of drug-likeness (QED) is 0.746. The maximum atomic E-state index is 13.1. The molecule has 0 aromatic heterocycles. The lowest BCUT2D eigenvalue weighted by atomic mass is 10.1. The van der Waals surface area contributed by atoms with Crippen LogP contribution in [0, 0.1) is 5.82 Å². The third kappa shape index (κ3) is 6.09. The number of aliphatic hydroxyl groups is 1. The number of aliphatic hydroxyl groups excluding tert-OH is 1. The van der Waals surface area contributed by atoms with E-state index in [1.54, 1.807) is 12.1 Å². The predicted octanol–water partition coefficient (Wildman–Crippen LogP) is 3.25. The Balaban J connectivity index is 1.55. The molecule has 0 unspecified atom stereocenters. The summed E-state index contributed by atoms with van der Waals surface area (Å²) in [6.45, 7) is 2.90. The van der Waals surface area contributed by atoms with Crippen molar-refractivity contribution in [1.29, 1.82) is 0 Å². The molecular formula is C21H26FNO3. The van der Waals surface area contributed by atoms with Crippen LogP contribution < -0.4 is 4.74 Å². The summed E-state index contributed by atoms with van der Waals surface area (Å²) in [5, 5.41) is 10.4. The summed E-state index contributed by atoms with van der Waals surface area (Å²) in [6, 6.07) is 16.0. The average molecular weight is 359 g/mol. The van der Waals surface area contributed by atoms with Crippen LogP contribution in [0.3, 0.4) is 0 Å². The van der Waals surface area contributed by atoms with Crippen molar-refractivity contribution >= 4 is 0 Å². The van der Waals surface area contributed by atoms with Gasteiger partial charge in [0.15, 0.2) is 0 Å². The minimum absolute atomic E-state index is 0.192. The van der Waals surface area contributed by atoms with Crippen LogP contribution in [0.2, 0.25) is 0 Å². The van der Waals surface area contributed by atoms with E-state index in [0.717, 1.165) is 37.3 Å². The fourth-order valence-corrected chi connectivity index (χ4v) is 3.19. The van der Waals surface area contributed by atoms with Gasteiger partial charge in [0.25, 0.3) is 0 Å². The molecule has 1 aliphatic rings. The Bertz CT molecular complexity index is 644. The molecule has 2 aromatic carbocycles. The maximum Gasteiger partial charge on any atom is 0.123 e. The maximum absolute atomic E-state index is 13.1. The molecule has 0 aliphatic carbocycles. The van der Waals surface area contributed by atoms with Gasteiger partial charge in [-0.3, -0.25) is 4.90 Å². The highest BCUT2D eigenvalue weighted by molar-refractivity contribution is 5.21. The van der Waals surface area contributed by atoms with Gasteiger partial charge in [0, 0.05) is 26.2 Å². The van der Waals surface area contributed by atoms with Crippen LogP contribution in [-0.4, -0.2) is 48.5 Å². The van der Waals surface area contributed by atoms with Gasteiger partial charge in [0.2, 0.25) is 0 Å². The van der Waals surface area contributed by atoms with Crippen molar-refractivity contribution in [3.05, 3.63) is 66.0 Å². The average Bonchev–Trinajstić information content (AvgIpc) is 3.16. The van der Waals surface area contributed by atoms with Crippen molar-refractivity contribution in [1.82, 2.24) is 4.90 Å². The van der Waals surface area contributed by atoms with Crippen LogP contribution in [0.5, 0.6) is 5.75 Å². The van der Waals surface area contributed by atoms with Gasteiger partial charge in [-0.2, -0.15) is 0 Å². The van der Waals surface area contributed by atoms with E-state index in [1.807, 2.05) is 30.3 Å². The first-order chi connectivity index (χ1) is 12.7. The number of para-hydroxylation sites is 1. The summed E-state index contributed by atoms with van der Waals surface area (Å²) in [7, 11) is 0. The highest BCUT2D eigenvalue weighted by Crippen LogP contribution is 2.16. The lowest BCUT2D eigenvalue weighted by Crippen LogP contribution is -2.39. The molecule has 0 spiro atoms. The number of hydrogen-bond donors (Lipinski definition) is 1. The van der Waals surface area contributed by atoms with Crippen LogP contribution in [0.4, 0.5) is 4.39 Å². The monoisotopic (exact) mass is 359 g/mol. The number of hydrogen-bond acceptors (Lipinski definition) is 4. The molecule has 1 N–H and O–H groups in total. The zero-order chi connectivity index (χ0) is 18.2. The lowest BCUT2D eigenvalue weighted by molar-refractivity contribution is 0.0313. The van der Waals surface area contributed by atoms with Crippen LogP contribution in [0.15, 0.2) is 54.6 Å². The molecule has 0 radical (unpaired) electrons. The third-order valence-corrected chi connectivity index (χ3v) is 4.46. The van der Waals surface area contributed by atoms with E-state index in [2.05, 4.69) is 4.90 Å². The van der Waals surface area contributed by atoms with Gasteiger partial charge in [-0.15, -0.1) is 0 Å². The zero-order valence-corrected chi connectivity index (χ0v) is 14.9. The van der Waals surface area contributed by atoms with E-state index in [9.17, 15) is 9.50 Å². The van der Waals surface area contributed by atoms with E-state index in [0.29, 0.717) is 13.1 Å². The summed E-state index contributed by atoms with van der Waals surface area (Å²) in [5.74, 6) is 0.506. The summed E-state index contributed by atoms with van der Waals surface area (Å²) in [4.78, 5) is 2.16. The molecule has 1 heterocycles. The largest absolute Gasteiger partial charge is 0.491 e. The molecule has 1 saturated heterocycles. The Labute approximate surface area is 154 Å². The fourth-order valence-electron chi connectivity index (χ4n) is 3.19. The first-order valence-electron chi connectivity index (χ1n) is 9.13. The number of benzene rings is 2. The minimum atomic E-state index is -0.614. The van der Waals surface area contributed by atoms with Crippen molar-refractivity contribution in [2.75, 3.05) is 26.3 Å². The van der Waals surface area contributed by atoms with E-state index in [4.69, 9.17) is 9.47 Å². The van der Waals surface area contributed by atoms with Gasteiger partial charge in [-0.1, -0.05) is 30.3 Å². The second-order valence-electron chi connectivity index (χ2n) is 6.73. The number of rotatable bonds is 9. The topological polar surface area (TPSA) is 41.9 Å². The van der Waals surface area contributed by atoms with Crippen molar-refractivity contribution < 1.29 is 19.0 Å². The van der Waals surface area contributed by atoms with Crippen LogP contribution >= 0.6 is 0 Å². The number of halogens is 1. The molecule has 0 bridgehead atoms. The van der Waals surface area contributed by atoms with Gasteiger partial charge >= 0.3 is 0 Å². The Hall–Kier alpha value is -1.95. The smallest absolute Gasteiger partial charge is 0.123 e. The Morgan fingerprint density at radius 1 is 1.15 bits per heavy atom. The van der Waals surface area contributed by atoms with Crippen LogP contribution in [-0.2, 0) is 11.3 Å². The van der Waals surface area contributed by atoms with Crippen molar-refractivity contribution in [2.24, 2.45) is 0 Å². The van der Waals surface area contributed by atoms with Crippen LogP contribution in [0.1, 0.15) is 18.4 Å². The van der Waals surface area contributed by atoms with Crippen molar-refractivity contribution in [3.8, 4) is 5.75 Å². The summed E-state index contributed by atoms with van der Waals surface area (Å²) >= 11 is 0. The van der Waals surface area contributed by atoms with Crippen molar-refractivity contribution in [3.63, 3.8) is 0 Å². The number of ether oxygens (including phenoxy) is 2. The Morgan fingerprint density at radius 2 is 1.92 bits per heavy atom. The molecule has 4 nitrogen and oxygen atoms in total. The Kier molecular flexibility index (Phi) is 7.00. The highest BCUT2D eigenvalue weighted by atomic mass is 19.1.